The summed E-state index contributed by atoms with van der Waals surface area (Å²) < 4.78 is 0. The Morgan fingerprint density at radius 1 is 1.43 bits per heavy atom. The van der Waals surface area contributed by atoms with E-state index < -0.39 is 0 Å². The molecular formula is C17H25ClN2O. The van der Waals surface area contributed by atoms with Gasteiger partial charge in [0.25, 0.3) is 0 Å². The standard InChI is InChI=1S/C17H25ClN2O/c1-13(15-4-3-5-16(18)12-15)17(21)20-10-7-14(8-11-20)6-9-19-2/h3-5,12-14,19H,6-11H2,1-2H3. The van der Waals surface area contributed by atoms with E-state index >= 15 is 0 Å². The summed E-state index contributed by atoms with van der Waals surface area (Å²) in [7, 11) is 1.99. The maximum atomic E-state index is 12.6. The first kappa shape index (κ1) is 16.3. The number of likely N-dealkylation sites (tertiary alicyclic amines) is 1. The van der Waals surface area contributed by atoms with Crippen LogP contribution >= 0.6 is 11.6 Å². The van der Waals surface area contributed by atoms with E-state index in [-0.39, 0.29) is 11.8 Å². The fourth-order valence-electron chi connectivity index (χ4n) is 2.98. The third kappa shape index (κ3) is 4.45. The van der Waals surface area contributed by atoms with Crippen LogP contribution in [0.5, 0.6) is 0 Å². The molecule has 1 atom stereocenters. The molecule has 0 bridgehead atoms. The van der Waals surface area contributed by atoms with Gasteiger partial charge in [0, 0.05) is 18.1 Å². The number of nitrogens with one attached hydrogen (secondary N) is 1. The van der Waals surface area contributed by atoms with Crippen LogP contribution in [-0.4, -0.2) is 37.5 Å². The number of halogens is 1. The molecular weight excluding hydrogens is 284 g/mol. The zero-order valence-electron chi connectivity index (χ0n) is 12.9. The molecule has 1 fully saturated rings. The normalized spacial score (nSPS) is 17.8. The molecule has 0 aliphatic carbocycles. The van der Waals surface area contributed by atoms with Crippen LogP contribution in [-0.2, 0) is 4.79 Å². The van der Waals surface area contributed by atoms with Crippen molar-refractivity contribution in [2.75, 3.05) is 26.7 Å². The van der Waals surface area contributed by atoms with E-state index in [1.54, 1.807) is 0 Å². The molecule has 0 radical (unpaired) electrons. The van der Waals surface area contributed by atoms with Crippen LogP contribution < -0.4 is 5.32 Å². The number of hydrogen-bond donors (Lipinski definition) is 1. The molecule has 1 amide bonds. The second kappa shape index (κ2) is 7.81. The molecule has 116 valence electrons. The highest BCUT2D eigenvalue weighted by atomic mass is 35.5. The van der Waals surface area contributed by atoms with Crippen molar-refractivity contribution >= 4 is 17.5 Å². The topological polar surface area (TPSA) is 32.3 Å². The van der Waals surface area contributed by atoms with Crippen LogP contribution in [0.2, 0.25) is 5.02 Å². The monoisotopic (exact) mass is 308 g/mol. The van der Waals surface area contributed by atoms with Crippen LogP contribution in [0.15, 0.2) is 24.3 Å². The van der Waals surface area contributed by atoms with Gasteiger partial charge in [0.05, 0.1) is 5.92 Å². The SMILES string of the molecule is CNCCC1CCN(C(=O)C(C)c2cccc(Cl)c2)CC1. The summed E-state index contributed by atoms with van der Waals surface area (Å²) in [6.45, 7) is 4.81. The molecule has 2 rings (SSSR count). The zero-order valence-corrected chi connectivity index (χ0v) is 13.7. The Kier molecular flexibility index (Phi) is 6.07. The molecule has 1 aliphatic rings. The summed E-state index contributed by atoms with van der Waals surface area (Å²) in [6.07, 6.45) is 3.45. The van der Waals surface area contributed by atoms with Crippen molar-refractivity contribution in [3.8, 4) is 0 Å². The van der Waals surface area contributed by atoms with Gasteiger partial charge in [0.1, 0.15) is 0 Å². The highest BCUT2D eigenvalue weighted by Gasteiger charge is 2.26. The third-order valence-corrected chi connectivity index (χ3v) is 4.68. The van der Waals surface area contributed by atoms with Crippen molar-refractivity contribution in [1.82, 2.24) is 10.2 Å². The molecule has 1 unspecified atom stereocenters. The number of nitrogens with zero attached hydrogens (tertiary/aromatic N) is 1. The van der Waals surface area contributed by atoms with Crippen LogP contribution in [0.4, 0.5) is 0 Å². The number of rotatable bonds is 5. The van der Waals surface area contributed by atoms with Crippen molar-refractivity contribution < 1.29 is 4.79 Å². The van der Waals surface area contributed by atoms with Crippen molar-refractivity contribution in [2.45, 2.75) is 32.1 Å². The molecule has 4 heteroatoms. The number of amides is 1. The molecule has 1 aromatic carbocycles. The minimum Gasteiger partial charge on any atom is -0.342 e. The van der Waals surface area contributed by atoms with E-state index in [1.165, 1.54) is 6.42 Å². The van der Waals surface area contributed by atoms with Crippen molar-refractivity contribution in [3.63, 3.8) is 0 Å². The minimum absolute atomic E-state index is 0.113. The van der Waals surface area contributed by atoms with Gasteiger partial charge in [0.15, 0.2) is 0 Å². The molecule has 1 aliphatic heterocycles. The lowest BCUT2D eigenvalue weighted by atomic mass is 9.92. The first-order valence-corrected chi connectivity index (χ1v) is 8.18. The predicted molar refractivity (Wildman–Crippen MR) is 87.7 cm³/mol. The predicted octanol–water partition coefficient (Wildman–Crippen LogP) is 3.29. The number of carbonyl (C=O) groups excluding carboxylic acids is 1. The summed E-state index contributed by atoms with van der Waals surface area (Å²) in [5, 5.41) is 3.89. The summed E-state index contributed by atoms with van der Waals surface area (Å²) in [4.78, 5) is 14.6. The highest BCUT2D eigenvalue weighted by molar-refractivity contribution is 6.30. The van der Waals surface area contributed by atoms with Crippen LogP contribution in [0, 0.1) is 5.92 Å². The highest BCUT2D eigenvalue weighted by Crippen LogP contribution is 2.25. The maximum Gasteiger partial charge on any atom is 0.229 e. The first-order chi connectivity index (χ1) is 10.1. The zero-order chi connectivity index (χ0) is 15.2. The Bertz CT molecular complexity index is 470. The van der Waals surface area contributed by atoms with Crippen molar-refractivity contribution in [3.05, 3.63) is 34.9 Å². The summed E-state index contributed by atoms with van der Waals surface area (Å²) in [5.41, 5.74) is 1.00. The quantitative estimate of drug-likeness (QED) is 0.905. The molecule has 0 saturated carbocycles. The number of carbonyl (C=O) groups is 1. The number of hydrogen-bond acceptors (Lipinski definition) is 2. The Labute approximate surface area is 132 Å². The third-order valence-electron chi connectivity index (χ3n) is 4.45. The Balaban J connectivity index is 1.89. The van der Waals surface area contributed by atoms with Crippen LogP contribution in [0.1, 0.15) is 37.7 Å². The van der Waals surface area contributed by atoms with Gasteiger partial charge in [-0.05, 0) is 63.4 Å². The molecule has 0 aromatic heterocycles. The van der Waals surface area contributed by atoms with Crippen molar-refractivity contribution in [1.29, 1.82) is 0 Å². The largest absolute Gasteiger partial charge is 0.342 e. The van der Waals surface area contributed by atoms with E-state index in [4.69, 9.17) is 11.6 Å². The molecule has 1 aromatic rings. The Morgan fingerprint density at radius 2 is 2.14 bits per heavy atom. The van der Waals surface area contributed by atoms with Gasteiger partial charge in [-0.3, -0.25) is 4.79 Å². The molecule has 0 spiro atoms. The summed E-state index contributed by atoms with van der Waals surface area (Å²) >= 11 is 6.02. The van der Waals surface area contributed by atoms with Gasteiger partial charge in [-0.25, -0.2) is 0 Å². The minimum atomic E-state index is -0.113. The fraction of sp³-hybridized carbons (Fsp3) is 0.588. The fourth-order valence-corrected chi connectivity index (χ4v) is 3.18. The first-order valence-electron chi connectivity index (χ1n) is 7.80. The maximum absolute atomic E-state index is 12.6. The van der Waals surface area contributed by atoms with Gasteiger partial charge >= 0.3 is 0 Å². The Hall–Kier alpha value is -1.06. The van der Waals surface area contributed by atoms with Gasteiger partial charge in [-0.15, -0.1) is 0 Å². The van der Waals surface area contributed by atoms with E-state index in [0.717, 1.165) is 44.0 Å². The average molecular weight is 309 g/mol. The Morgan fingerprint density at radius 3 is 2.76 bits per heavy atom. The van der Waals surface area contributed by atoms with Crippen molar-refractivity contribution in [2.24, 2.45) is 5.92 Å². The lowest BCUT2D eigenvalue weighted by Gasteiger charge is -2.33. The van der Waals surface area contributed by atoms with Crippen LogP contribution in [0.25, 0.3) is 0 Å². The summed E-state index contributed by atoms with van der Waals surface area (Å²) in [6, 6.07) is 7.62. The second-order valence-electron chi connectivity index (χ2n) is 5.94. The van der Waals surface area contributed by atoms with E-state index in [0.29, 0.717) is 5.02 Å². The molecule has 1 N–H and O–H groups in total. The average Bonchev–Trinajstić information content (AvgIpc) is 2.52. The molecule has 3 nitrogen and oxygen atoms in total. The van der Waals surface area contributed by atoms with Gasteiger partial charge in [-0.1, -0.05) is 23.7 Å². The lowest BCUT2D eigenvalue weighted by Crippen LogP contribution is -2.40. The molecule has 1 saturated heterocycles. The van der Waals surface area contributed by atoms with Gasteiger partial charge in [-0.2, -0.15) is 0 Å². The van der Waals surface area contributed by atoms with E-state index in [9.17, 15) is 4.79 Å². The lowest BCUT2D eigenvalue weighted by molar-refractivity contribution is -0.133. The smallest absolute Gasteiger partial charge is 0.229 e. The molecule has 21 heavy (non-hydrogen) atoms. The van der Waals surface area contributed by atoms with E-state index in [2.05, 4.69) is 5.32 Å². The van der Waals surface area contributed by atoms with Crippen LogP contribution in [0.3, 0.4) is 0 Å². The van der Waals surface area contributed by atoms with Gasteiger partial charge in [0.2, 0.25) is 5.91 Å². The van der Waals surface area contributed by atoms with E-state index in [1.807, 2.05) is 43.1 Å². The number of piperidine rings is 1. The summed E-state index contributed by atoms with van der Waals surface area (Å²) in [5.74, 6) is 0.866. The van der Waals surface area contributed by atoms with Gasteiger partial charge < -0.3 is 10.2 Å². The molecule has 1 heterocycles. The number of benzene rings is 1. The second-order valence-corrected chi connectivity index (χ2v) is 6.37.